The van der Waals surface area contributed by atoms with E-state index in [4.69, 9.17) is 9.97 Å². The summed E-state index contributed by atoms with van der Waals surface area (Å²) in [7, 11) is 0. The number of para-hydroxylation sites is 2. The fourth-order valence-electron chi connectivity index (χ4n) is 8.70. The number of nitrogens with zero attached hydrogens (tertiary/aromatic N) is 4. The fraction of sp³-hybridized carbons (Fsp3) is 0.0800. The maximum absolute atomic E-state index is 5.14. The standard InChI is InChI=1S/2C25H18N2/c2*1-15-16(2)24-14-19-9-5-6-10-23(19)27(24)25-21(15)12-20-11-17-7-3-4-8-18(17)13-22(20)26-25/h2*3-14H,1-2H3. The van der Waals surface area contributed by atoms with Crippen LogP contribution in [0.5, 0.6) is 0 Å². The minimum atomic E-state index is 1.04. The molecule has 0 radical (unpaired) electrons. The van der Waals surface area contributed by atoms with Crippen molar-refractivity contribution >= 4 is 98.3 Å². The van der Waals surface area contributed by atoms with Crippen molar-refractivity contribution in [2.45, 2.75) is 27.7 Å². The Bertz CT molecular complexity index is 3310. The van der Waals surface area contributed by atoms with Gasteiger partial charge >= 0.3 is 0 Å². The molecule has 0 aliphatic rings. The summed E-state index contributed by atoms with van der Waals surface area (Å²) in [5, 5.41) is 12.3. The van der Waals surface area contributed by atoms with Crippen LogP contribution in [-0.4, -0.2) is 18.8 Å². The van der Waals surface area contributed by atoms with Gasteiger partial charge in [0, 0.05) is 32.3 Å². The smallest absolute Gasteiger partial charge is 0.145 e. The molecule has 256 valence electrons. The van der Waals surface area contributed by atoms with Gasteiger partial charge in [0.25, 0.3) is 0 Å². The van der Waals surface area contributed by atoms with Crippen LogP contribution in [0.3, 0.4) is 0 Å². The number of rotatable bonds is 0. The van der Waals surface area contributed by atoms with E-state index in [1.807, 2.05) is 0 Å². The SMILES string of the molecule is Cc1c(C)c2cc3ccccc3n2c2nc3cc4ccccc4cc3cc12.Cc1c(C)c2cc3ccccc3n2c2nc3cc4ccccc4cc3cc12. The highest BCUT2D eigenvalue weighted by Gasteiger charge is 2.16. The van der Waals surface area contributed by atoms with Crippen molar-refractivity contribution in [2.75, 3.05) is 0 Å². The van der Waals surface area contributed by atoms with Gasteiger partial charge < -0.3 is 0 Å². The third kappa shape index (κ3) is 4.43. The van der Waals surface area contributed by atoms with Crippen LogP contribution in [0.4, 0.5) is 0 Å². The lowest BCUT2D eigenvalue weighted by atomic mass is 10.0. The molecule has 0 bridgehead atoms. The lowest BCUT2D eigenvalue weighted by molar-refractivity contribution is 1.22. The maximum Gasteiger partial charge on any atom is 0.145 e. The first-order chi connectivity index (χ1) is 26.4. The molecule has 0 atom stereocenters. The predicted octanol–water partition coefficient (Wildman–Crippen LogP) is 13.1. The van der Waals surface area contributed by atoms with Crippen molar-refractivity contribution in [3.63, 3.8) is 0 Å². The molecule has 0 amide bonds. The molecule has 0 unspecified atom stereocenters. The molecule has 6 aromatic heterocycles. The lowest BCUT2D eigenvalue weighted by Crippen LogP contribution is -1.98. The number of aromatic nitrogens is 4. The van der Waals surface area contributed by atoms with Gasteiger partial charge in [0.05, 0.1) is 33.1 Å². The summed E-state index contributed by atoms with van der Waals surface area (Å²) in [5.41, 5.74) is 14.3. The first-order valence-electron chi connectivity index (χ1n) is 18.7. The minimum absolute atomic E-state index is 1.04. The first-order valence-corrected chi connectivity index (χ1v) is 18.7. The number of pyridine rings is 4. The van der Waals surface area contributed by atoms with Crippen molar-refractivity contribution < 1.29 is 0 Å². The van der Waals surface area contributed by atoms with E-state index < -0.39 is 0 Å². The topological polar surface area (TPSA) is 34.6 Å². The number of hydrogen-bond acceptors (Lipinski definition) is 2. The largest absolute Gasteiger partial charge is 0.294 e. The molecule has 0 N–H and O–H groups in total. The van der Waals surface area contributed by atoms with Crippen molar-refractivity contribution in [1.29, 1.82) is 0 Å². The number of hydrogen-bond donors (Lipinski definition) is 0. The quantitative estimate of drug-likeness (QED) is 0.148. The molecule has 4 heteroatoms. The van der Waals surface area contributed by atoms with Crippen LogP contribution in [0.25, 0.3) is 98.3 Å². The van der Waals surface area contributed by atoms with Crippen LogP contribution in [0.1, 0.15) is 22.3 Å². The highest BCUT2D eigenvalue weighted by atomic mass is 15.0. The number of aryl methyl sites for hydroxylation is 4. The first kappa shape index (κ1) is 30.8. The summed E-state index contributed by atoms with van der Waals surface area (Å²) in [6, 6.07) is 52.2. The Labute approximate surface area is 311 Å². The molecule has 0 fully saturated rings. The third-order valence-electron chi connectivity index (χ3n) is 11.9. The van der Waals surface area contributed by atoms with E-state index in [0.717, 1.165) is 22.3 Å². The molecule has 0 saturated carbocycles. The maximum atomic E-state index is 5.14. The van der Waals surface area contributed by atoms with E-state index >= 15 is 0 Å². The summed E-state index contributed by atoms with van der Waals surface area (Å²) >= 11 is 0. The average molecular weight is 693 g/mol. The monoisotopic (exact) mass is 692 g/mol. The van der Waals surface area contributed by atoms with E-state index in [9.17, 15) is 0 Å². The van der Waals surface area contributed by atoms with Crippen LogP contribution < -0.4 is 0 Å². The molecule has 6 heterocycles. The second-order valence-corrected chi connectivity index (χ2v) is 14.9. The second-order valence-electron chi connectivity index (χ2n) is 14.9. The zero-order valence-electron chi connectivity index (χ0n) is 30.6. The van der Waals surface area contributed by atoms with E-state index in [2.05, 4.69) is 182 Å². The van der Waals surface area contributed by atoms with Crippen LogP contribution >= 0.6 is 0 Å². The van der Waals surface area contributed by atoms with E-state index in [1.54, 1.807) is 0 Å². The Morgan fingerprint density at radius 2 is 0.667 bits per heavy atom. The van der Waals surface area contributed by atoms with Gasteiger partial charge in [-0.05, 0) is 132 Å². The van der Waals surface area contributed by atoms with Crippen LogP contribution in [-0.2, 0) is 0 Å². The summed E-state index contributed by atoms with van der Waals surface area (Å²) in [6.07, 6.45) is 0. The normalized spacial score (nSPS) is 12.1. The molecule has 12 rings (SSSR count). The van der Waals surface area contributed by atoms with Crippen molar-refractivity contribution in [3.05, 3.63) is 168 Å². The van der Waals surface area contributed by atoms with Crippen molar-refractivity contribution in [3.8, 4) is 0 Å². The molecule has 54 heavy (non-hydrogen) atoms. The Morgan fingerprint density at radius 1 is 0.315 bits per heavy atom. The molecule has 0 aliphatic heterocycles. The van der Waals surface area contributed by atoms with Crippen LogP contribution in [0, 0.1) is 27.7 Å². The van der Waals surface area contributed by atoms with Gasteiger partial charge in [0.1, 0.15) is 11.3 Å². The minimum Gasteiger partial charge on any atom is -0.294 e. The average Bonchev–Trinajstić information content (AvgIpc) is 3.79. The number of benzene rings is 6. The van der Waals surface area contributed by atoms with Crippen LogP contribution in [0.2, 0.25) is 0 Å². The van der Waals surface area contributed by atoms with E-state index in [0.29, 0.717) is 0 Å². The van der Waals surface area contributed by atoms with Gasteiger partial charge in [-0.2, -0.15) is 0 Å². The zero-order valence-corrected chi connectivity index (χ0v) is 30.6. The van der Waals surface area contributed by atoms with Crippen molar-refractivity contribution in [2.24, 2.45) is 0 Å². The predicted molar refractivity (Wildman–Crippen MR) is 229 cm³/mol. The highest BCUT2D eigenvalue weighted by molar-refractivity contribution is 6.05. The van der Waals surface area contributed by atoms with Gasteiger partial charge in [0.15, 0.2) is 0 Å². The Kier molecular flexibility index (Phi) is 6.48. The van der Waals surface area contributed by atoms with Gasteiger partial charge in [-0.25, -0.2) is 9.97 Å². The Hall–Kier alpha value is -6.78. The van der Waals surface area contributed by atoms with Gasteiger partial charge in [-0.15, -0.1) is 0 Å². The Balaban J connectivity index is 0.000000126. The molecule has 0 spiro atoms. The van der Waals surface area contributed by atoms with Gasteiger partial charge in [0.2, 0.25) is 0 Å². The Morgan fingerprint density at radius 3 is 1.07 bits per heavy atom. The fourth-order valence-corrected chi connectivity index (χ4v) is 8.70. The van der Waals surface area contributed by atoms with Crippen LogP contribution in [0.15, 0.2) is 146 Å². The molecule has 12 aromatic rings. The lowest BCUT2D eigenvalue weighted by Gasteiger charge is -2.12. The number of fused-ring (bicyclic) bond motifs is 14. The molecular weight excluding hydrogens is 657 g/mol. The summed E-state index contributed by atoms with van der Waals surface area (Å²) in [4.78, 5) is 10.3. The van der Waals surface area contributed by atoms with Gasteiger partial charge in [-0.1, -0.05) is 84.9 Å². The van der Waals surface area contributed by atoms with Gasteiger partial charge in [-0.3, -0.25) is 8.80 Å². The zero-order chi connectivity index (χ0) is 36.2. The van der Waals surface area contributed by atoms with Crippen molar-refractivity contribution in [1.82, 2.24) is 18.8 Å². The summed E-state index contributed by atoms with van der Waals surface area (Å²) in [6.45, 7) is 8.86. The molecule has 4 nitrogen and oxygen atoms in total. The van der Waals surface area contributed by atoms with E-state index in [1.165, 1.54) is 98.2 Å². The molecule has 0 saturated heterocycles. The summed E-state index contributed by atoms with van der Waals surface area (Å²) < 4.78 is 4.64. The second kappa shape index (κ2) is 11.4. The van der Waals surface area contributed by atoms with E-state index in [-0.39, 0.29) is 0 Å². The molecule has 6 aromatic carbocycles. The third-order valence-corrected chi connectivity index (χ3v) is 11.9. The molecular formula is C50H36N4. The summed E-state index contributed by atoms with van der Waals surface area (Å²) in [5.74, 6) is 0. The highest BCUT2D eigenvalue weighted by Crippen LogP contribution is 2.35. The molecule has 0 aliphatic carbocycles.